The standard InChI is InChI=1S/C9H16O4S/c1-3-9(4-2,5-7(10)11)13-8(12)6-14/h14H,3-6H2,1-2H3,(H,10,11). The molecule has 0 aliphatic carbocycles. The summed E-state index contributed by atoms with van der Waals surface area (Å²) >= 11 is 3.77. The summed E-state index contributed by atoms with van der Waals surface area (Å²) in [7, 11) is 0. The van der Waals surface area contributed by atoms with Gasteiger partial charge in [-0.2, -0.15) is 12.6 Å². The molecule has 0 spiro atoms. The van der Waals surface area contributed by atoms with Crippen LogP contribution >= 0.6 is 12.6 Å². The maximum Gasteiger partial charge on any atom is 0.316 e. The highest BCUT2D eigenvalue weighted by Gasteiger charge is 2.32. The van der Waals surface area contributed by atoms with E-state index in [0.717, 1.165) is 0 Å². The van der Waals surface area contributed by atoms with Crippen LogP contribution in [0.5, 0.6) is 0 Å². The number of ether oxygens (including phenoxy) is 1. The molecule has 0 aliphatic heterocycles. The highest BCUT2D eigenvalue weighted by molar-refractivity contribution is 7.81. The summed E-state index contributed by atoms with van der Waals surface area (Å²) in [6.07, 6.45) is 0.837. The monoisotopic (exact) mass is 220 g/mol. The van der Waals surface area contributed by atoms with E-state index in [2.05, 4.69) is 12.6 Å². The van der Waals surface area contributed by atoms with Gasteiger partial charge in [-0.1, -0.05) is 13.8 Å². The number of hydrogen-bond acceptors (Lipinski definition) is 4. The fraction of sp³-hybridized carbons (Fsp3) is 0.778. The Morgan fingerprint density at radius 3 is 2.14 bits per heavy atom. The molecule has 0 aromatic carbocycles. The molecule has 82 valence electrons. The number of carbonyl (C=O) groups excluding carboxylic acids is 1. The molecule has 5 heteroatoms. The molecule has 0 unspecified atom stereocenters. The number of rotatable bonds is 6. The third-order valence-electron chi connectivity index (χ3n) is 2.22. The molecule has 0 saturated heterocycles. The fourth-order valence-electron chi connectivity index (χ4n) is 1.23. The maximum atomic E-state index is 11.0. The van der Waals surface area contributed by atoms with Crippen LogP contribution in [0, 0.1) is 0 Å². The van der Waals surface area contributed by atoms with E-state index in [0.29, 0.717) is 12.8 Å². The second kappa shape index (κ2) is 5.90. The van der Waals surface area contributed by atoms with Gasteiger partial charge in [-0.3, -0.25) is 9.59 Å². The summed E-state index contributed by atoms with van der Waals surface area (Å²) in [5.74, 6) is -1.46. The predicted octanol–water partition coefficient (Wildman–Crippen LogP) is 1.49. The van der Waals surface area contributed by atoms with Crippen molar-refractivity contribution in [2.24, 2.45) is 0 Å². The maximum absolute atomic E-state index is 11.0. The number of esters is 1. The van der Waals surface area contributed by atoms with Crippen molar-refractivity contribution in [1.29, 1.82) is 0 Å². The first-order valence-electron chi connectivity index (χ1n) is 4.54. The lowest BCUT2D eigenvalue weighted by Gasteiger charge is -2.29. The molecular formula is C9H16O4S. The summed E-state index contributed by atoms with van der Waals surface area (Å²) in [5, 5.41) is 8.69. The van der Waals surface area contributed by atoms with E-state index in [9.17, 15) is 9.59 Å². The molecule has 1 N–H and O–H groups in total. The molecule has 14 heavy (non-hydrogen) atoms. The first kappa shape index (κ1) is 13.3. The summed E-state index contributed by atoms with van der Waals surface area (Å²) in [4.78, 5) is 21.6. The van der Waals surface area contributed by atoms with Crippen molar-refractivity contribution in [2.75, 3.05) is 5.75 Å². The van der Waals surface area contributed by atoms with E-state index in [-0.39, 0.29) is 12.2 Å². The number of carbonyl (C=O) groups is 2. The Balaban J connectivity index is 4.51. The second-order valence-corrected chi connectivity index (χ2v) is 3.41. The molecule has 4 nitrogen and oxygen atoms in total. The molecular weight excluding hydrogens is 204 g/mol. The number of aliphatic carboxylic acids is 1. The van der Waals surface area contributed by atoms with Crippen LogP contribution in [0.25, 0.3) is 0 Å². The van der Waals surface area contributed by atoms with Gasteiger partial charge in [0.15, 0.2) is 0 Å². The van der Waals surface area contributed by atoms with Crippen LogP contribution < -0.4 is 0 Å². The van der Waals surface area contributed by atoms with Crippen molar-refractivity contribution in [3.05, 3.63) is 0 Å². The normalized spacial score (nSPS) is 11.1. The molecule has 0 radical (unpaired) electrons. The Labute approximate surface area is 89.0 Å². The van der Waals surface area contributed by atoms with E-state index < -0.39 is 17.5 Å². The number of carboxylic acid groups (broad SMARTS) is 1. The molecule has 0 rings (SSSR count). The van der Waals surface area contributed by atoms with Crippen molar-refractivity contribution < 1.29 is 19.4 Å². The van der Waals surface area contributed by atoms with Gasteiger partial charge < -0.3 is 9.84 Å². The smallest absolute Gasteiger partial charge is 0.316 e. The van der Waals surface area contributed by atoms with Crippen LogP contribution in [0.4, 0.5) is 0 Å². The minimum atomic E-state index is -0.958. The van der Waals surface area contributed by atoms with Gasteiger partial charge in [0.25, 0.3) is 0 Å². The zero-order valence-corrected chi connectivity index (χ0v) is 9.34. The Bertz CT molecular complexity index is 211. The van der Waals surface area contributed by atoms with E-state index in [4.69, 9.17) is 9.84 Å². The zero-order chi connectivity index (χ0) is 11.2. The van der Waals surface area contributed by atoms with Crippen molar-refractivity contribution >= 4 is 24.6 Å². The molecule has 0 fully saturated rings. The third kappa shape index (κ3) is 4.00. The lowest BCUT2D eigenvalue weighted by atomic mass is 9.93. The minimum absolute atomic E-state index is 0.0264. The highest BCUT2D eigenvalue weighted by atomic mass is 32.1. The number of thiol groups is 1. The Morgan fingerprint density at radius 1 is 1.36 bits per heavy atom. The van der Waals surface area contributed by atoms with E-state index in [1.54, 1.807) is 13.8 Å². The topological polar surface area (TPSA) is 63.6 Å². The quantitative estimate of drug-likeness (QED) is 0.526. The Kier molecular flexibility index (Phi) is 5.60. The van der Waals surface area contributed by atoms with Crippen molar-refractivity contribution in [3.8, 4) is 0 Å². The van der Waals surface area contributed by atoms with Crippen LogP contribution in [0.3, 0.4) is 0 Å². The van der Waals surface area contributed by atoms with Gasteiger partial charge in [-0.25, -0.2) is 0 Å². The van der Waals surface area contributed by atoms with Crippen LogP contribution in [-0.2, 0) is 14.3 Å². The average molecular weight is 220 g/mol. The molecule has 0 amide bonds. The van der Waals surface area contributed by atoms with Gasteiger partial charge in [0.1, 0.15) is 5.60 Å². The first-order chi connectivity index (χ1) is 6.49. The van der Waals surface area contributed by atoms with Crippen molar-refractivity contribution in [3.63, 3.8) is 0 Å². The van der Waals surface area contributed by atoms with Gasteiger partial charge in [-0.05, 0) is 12.8 Å². The van der Waals surface area contributed by atoms with E-state index >= 15 is 0 Å². The average Bonchev–Trinajstić information content (AvgIpc) is 2.15. The molecule has 0 bridgehead atoms. The summed E-state index contributed by atoms with van der Waals surface area (Å²) in [6, 6.07) is 0. The third-order valence-corrected chi connectivity index (χ3v) is 2.48. The second-order valence-electron chi connectivity index (χ2n) is 3.09. The fourth-order valence-corrected chi connectivity index (χ4v) is 1.29. The molecule has 0 aromatic heterocycles. The van der Waals surface area contributed by atoms with Crippen molar-refractivity contribution in [2.45, 2.75) is 38.7 Å². The van der Waals surface area contributed by atoms with Crippen molar-refractivity contribution in [1.82, 2.24) is 0 Å². The molecule has 0 atom stereocenters. The molecule has 0 saturated carbocycles. The number of hydrogen-bond donors (Lipinski definition) is 2. The van der Waals surface area contributed by atoms with E-state index in [1.807, 2.05) is 0 Å². The lowest BCUT2D eigenvalue weighted by Crippen LogP contribution is -2.36. The SMILES string of the molecule is CCC(CC)(CC(=O)O)OC(=O)CS. The lowest BCUT2D eigenvalue weighted by molar-refractivity contribution is -0.163. The zero-order valence-electron chi connectivity index (χ0n) is 8.45. The van der Waals surface area contributed by atoms with Gasteiger partial charge in [0.2, 0.25) is 0 Å². The summed E-state index contributed by atoms with van der Waals surface area (Å²) < 4.78 is 5.10. The minimum Gasteiger partial charge on any atom is -0.481 e. The Hall–Kier alpha value is -0.710. The van der Waals surface area contributed by atoms with Crippen LogP contribution in [0.2, 0.25) is 0 Å². The van der Waals surface area contributed by atoms with Gasteiger partial charge >= 0.3 is 11.9 Å². The van der Waals surface area contributed by atoms with E-state index in [1.165, 1.54) is 0 Å². The predicted molar refractivity (Wildman–Crippen MR) is 55.5 cm³/mol. The van der Waals surface area contributed by atoms with Gasteiger partial charge in [-0.15, -0.1) is 0 Å². The van der Waals surface area contributed by atoms with Crippen LogP contribution in [0.1, 0.15) is 33.1 Å². The van der Waals surface area contributed by atoms with Gasteiger partial charge in [0, 0.05) is 0 Å². The summed E-state index contributed by atoms with van der Waals surface area (Å²) in [6.45, 7) is 3.61. The van der Waals surface area contributed by atoms with Crippen LogP contribution in [0.15, 0.2) is 0 Å². The Morgan fingerprint density at radius 2 is 1.86 bits per heavy atom. The van der Waals surface area contributed by atoms with Gasteiger partial charge in [0.05, 0.1) is 12.2 Å². The number of carboxylic acids is 1. The highest BCUT2D eigenvalue weighted by Crippen LogP contribution is 2.25. The molecule has 0 heterocycles. The largest absolute Gasteiger partial charge is 0.481 e. The molecule has 0 aliphatic rings. The summed E-state index contributed by atoms with van der Waals surface area (Å²) in [5.41, 5.74) is -0.869. The molecule has 0 aromatic rings. The van der Waals surface area contributed by atoms with Crippen LogP contribution in [-0.4, -0.2) is 28.4 Å². The first-order valence-corrected chi connectivity index (χ1v) is 5.17.